The van der Waals surface area contributed by atoms with Gasteiger partial charge in [0.25, 0.3) is 0 Å². The van der Waals surface area contributed by atoms with Crippen LogP contribution in [-0.2, 0) is 13.6 Å². The highest BCUT2D eigenvalue weighted by atomic mass is 16.5. The predicted molar refractivity (Wildman–Crippen MR) is 75.8 cm³/mol. The maximum absolute atomic E-state index is 5.40. The first-order valence-electron chi connectivity index (χ1n) is 6.44. The maximum atomic E-state index is 5.40. The van der Waals surface area contributed by atoms with Gasteiger partial charge in [-0.2, -0.15) is 0 Å². The molecule has 0 saturated heterocycles. The Hall–Kier alpha value is -2.08. The Bertz CT molecular complexity index is 568. The third-order valence-corrected chi connectivity index (χ3v) is 3.30. The molecule has 1 atom stereocenters. The van der Waals surface area contributed by atoms with Gasteiger partial charge in [-0.15, -0.1) is 5.10 Å². The minimum atomic E-state index is 0.120. The van der Waals surface area contributed by atoms with E-state index in [9.17, 15) is 0 Å². The van der Waals surface area contributed by atoms with E-state index in [1.54, 1.807) is 25.1 Å². The molecular weight excluding hydrogens is 256 g/mol. The first kappa shape index (κ1) is 14.3. The number of methoxy groups -OCH3 is 2. The lowest BCUT2D eigenvalue weighted by atomic mass is 10.1. The molecule has 0 aliphatic heterocycles. The lowest BCUT2D eigenvalue weighted by molar-refractivity contribution is 0.391. The Morgan fingerprint density at radius 2 is 2.10 bits per heavy atom. The van der Waals surface area contributed by atoms with Crippen molar-refractivity contribution in [2.24, 2.45) is 7.05 Å². The van der Waals surface area contributed by atoms with Crippen molar-refractivity contribution < 1.29 is 9.47 Å². The predicted octanol–water partition coefficient (Wildman–Crippen LogP) is 1.68. The Labute approximate surface area is 118 Å². The Morgan fingerprint density at radius 3 is 2.70 bits per heavy atom. The second kappa shape index (κ2) is 6.38. The van der Waals surface area contributed by atoms with Crippen LogP contribution in [0.25, 0.3) is 0 Å². The Kier molecular flexibility index (Phi) is 4.57. The molecule has 6 heteroatoms. The Balaban J connectivity index is 2.11. The van der Waals surface area contributed by atoms with Crippen molar-refractivity contribution in [3.63, 3.8) is 0 Å². The van der Waals surface area contributed by atoms with Gasteiger partial charge in [0.2, 0.25) is 0 Å². The Morgan fingerprint density at radius 1 is 1.30 bits per heavy atom. The summed E-state index contributed by atoms with van der Waals surface area (Å²) in [4.78, 5) is 0. The van der Waals surface area contributed by atoms with Gasteiger partial charge < -0.3 is 14.8 Å². The van der Waals surface area contributed by atoms with E-state index in [0.29, 0.717) is 6.54 Å². The van der Waals surface area contributed by atoms with Crippen LogP contribution in [0.15, 0.2) is 24.4 Å². The number of hydrogen-bond donors (Lipinski definition) is 1. The van der Waals surface area contributed by atoms with E-state index < -0.39 is 0 Å². The normalized spacial score (nSPS) is 12.2. The van der Waals surface area contributed by atoms with Crippen LogP contribution in [0.4, 0.5) is 0 Å². The molecular formula is C14H20N4O2. The molecule has 2 aromatic rings. The molecule has 1 heterocycles. The quantitative estimate of drug-likeness (QED) is 0.870. The molecule has 0 spiro atoms. The van der Waals surface area contributed by atoms with Crippen LogP contribution >= 0.6 is 0 Å². The summed E-state index contributed by atoms with van der Waals surface area (Å²) < 4.78 is 12.4. The van der Waals surface area contributed by atoms with E-state index in [4.69, 9.17) is 9.47 Å². The number of hydrogen-bond acceptors (Lipinski definition) is 5. The first-order valence-corrected chi connectivity index (χ1v) is 6.44. The number of aryl methyl sites for hydroxylation is 1. The summed E-state index contributed by atoms with van der Waals surface area (Å²) in [6.07, 6.45) is 1.75. The lowest BCUT2D eigenvalue weighted by Crippen LogP contribution is -2.20. The molecule has 0 fully saturated rings. The average Bonchev–Trinajstić information content (AvgIpc) is 2.89. The fourth-order valence-electron chi connectivity index (χ4n) is 2.02. The molecule has 1 aromatic carbocycles. The van der Waals surface area contributed by atoms with Gasteiger partial charge in [0.05, 0.1) is 26.1 Å². The van der Waals surface area contributed by atoms with Gasteiger partial charge in [-0.25, -0.2) is 0 Å². The van der Waals surface area contributed by atoms with Crippen molar-refractivity contribution in [3.8, 4) is 11.5 Å². The molecule has 6 nitrogen and oxygen atoms in total. The third kappa shape index (κ3) is 3.08. The van der Waals surface area contributed by atoms with E-state index in [2.05, 4.69) is 22.6 Å². The number of nitrogens with one attached hydrogen (secondary N) is 1. The standard InChI is InChI=1S/C14H20N4O2/c1-10(15-8-11-9-16-17-18(11)2)13-7-12(19-3)5-6-14(13)20-4/h5-7,9-10,15H,8H2,1-4H3. The van der Waals surface area contributed by atoms with Crippen LogP contribution in [0.1, 0.15) is 24.2 Å². The first-order chi connectivity index (χ1) is 9.65. The monoisotopic (exact) mass is 276 g/mol. The molecule has 1 N–H and O–H groups in total. The van der Waals surface area contributed by atoms with Gasteiger partial charge in [-0.3, -0.25) is 4.68 Å². The van der Waals surface area contributed by atoms with Crippen molar-refractivity contribution in [2.75, 3.05) is 14.2 Å². The van der Waals surface area contributed by atoms with Gasteiger partial charge in [-0.05, 0) is 25.1 Å². The summed E-state index contributed by atoms with van der Waals surface area (Å²) in [7, 11) is 5.20. The summed E-state index contributed by atoms with van der Waals surface area (Å²) in [5.74, 6) is 1.66. The van der Waals surface area contributed by atoms with Crippen LogP contribution < -0.4 is 14.8 Å². The minimum absolute atomic E-state index is 0.120. The third-order valence-electron chi connectivity index (χ3n) is 3.30. The number of nitrogens with zero attached hydrogens (tertiary/aromatic N) is 3. The lowest BCUT2D eigenvalue weighted by Gasteiger charge is -2.18. The summed E-state index contributed by atoms with van der Waals surface area (Å²) in [5, 5.41) is 11.2. The van der Waals surface area contributed by atoms with Crippen LogP contribution in [0.5, 0.6) is 11.5 Å². The van der Waals surface area contributed by atoms with Crippen molar-refractivity contribution in [1.82, 2.24) is 20.3 Å². The molecule has 108 valence electrons. The van der Waals surface area contributed by atoms with Gasteiger partial charge >= 0.3 is 0 Å². The minimum Gasteiger partial charge on any atom is -0.497 e. The molecule has 0 aliphatic carbocycles. The molecule has 1 unspecified atom stereocenters. The van der Waals surface area contributed by atoms with E-state index in [-0.39, 0.29) is 6.04 Å². The zero-order valence-corrected chi connectivity index (χ0v) is 12.3. The zero-order chi connectivity index (χ0) is 14.5. The molecule has 0 bridgehead atoms. The summed E-state index contributed by atoms with van der Waals surface area (Å²) in [6.45, 7) is 2.77. The number of aromatic nitrogens is 3. The fourth-order valence-corrected chi connectivity index (χ4v) is 2.02. The summed E-state index contributed by atoms with van der Waals surface area (Å²) in [5.41, 5.74) is 2.08. The van der Waals surface area contributed by atoms with Crippen molar-refractivity contribution in [3.05, 3.63) is 35.7 Å². The average molecular weight is 276 g/mol. The summed E-state index contributed by atoms with van der Waals surface area (Å²) >= 11 is 0. The van der Waals surface area contributed by atoms with Gasteiger partial charge in [0.15, 0.2) is 0 Å². The van der Waals surface area contributed by atoms with Gasteiger partial charge in [0, 0.05) is 25.2 Å². The fraction of sp³-hybridized carbons (Fsp3) is 0.429. The van der Waals surface area contributed by atoms with Gasteiger partial charge in [0.1, 0.15) is 11.5 Å². The molecule has 0 amide bonds. The molecule has 0 saturated carbocycles. The molecule has 20 heavy (non-hydrogen) atoms. The second-order valence-electron chi connectivity index (χ2n) is 4.56. The maximum Gasteiger partial charge on any atom is 0.123 e. The van der Waals surface area contributed by atoms with Gasteiger partial charge in [-0.1, -0.05) is 5.21 Å². The van der Waals surface area contributed by atoms with E-state index in [1.807, 2.05) is 25.2 Å². The highest BCUT2D eigenvalue weighted by Gasteiger charge is 2.13. The van der Waals surface area contributed by atoms with Crippen LogP contribution in [0.2, 0.25) is 0 Å². The number of ether oxygens (including phenoxy) is 2. The van der Waals surface area contributed by atoms with E-state index in [0.717, 1.165) is 22.8 Å². The summed E-state index contributed by atoms with van der Waals surface area (Å²) in [6, 6.07) is 5.91. The molecule has 2 rings (SSSR count). The topological polar surface area (TPSA) is 61.2 Å². The zero-order valence-electron chi connectivity index (χ0n) is 12.3. The van der Waals surface area contributed by atoms with Crippen LogP contribution in [-0.4, -0.2) is 29.2 Å². The molecule has 0 radical (unpaired) electrons. The van der Waals surface area contributed by atoms with Crippen molar-refractivity contribution >= 4 is 0 Å². The number of benzene rings is 1. The smallest absolute Gasteiger partial charge is 0.123 e. The van der Waals surface area contributed by atoms with Crippen molar-refractivity contribution in [1.29, 1.82) is 0 Å². The number of rotatable bonds is 6. The van der Waals surface area contributed by atoms with E-state index >= 15 is 0 Å². The molecule has 0 aliphatic rings. The van der Waals surface area contributed by atoms with E-state index in [1.165, 1.54) is 0 Å². The highest BCUT2D eigenvalue weighted by molar-refractivity contribution is 5.42. The van der Waals surface area contributed by atoms with Crippen LogP contribution in [0, 0.1) is 0 Å². The largest absolute Gasteiger partial charge is 0.497 e. The molecule has 1 aromatic heterocycles. The highest BCUT2D eigenvalue weighted by Crippen LogP contribution is 2.29. The van der Waals surface area contributed by atoms with Crippen LogP contribution in [0.3, 0.4) is 0 Å². The SMILES string of the molecule is COc1ccc(OC)c(C(C)NCc2cnnn2C)c1. The van der Waals surface area contributed by atoms with Crippen molar-refractivity contribution in [2.45, 2.75) is 19.5 Å². The second-order valence-corrected chi connectivity index (χ2v) is 4.56.